The molecule has 0 amide bonds. The van der Waals surface area contributed by atoms with E-state index in [-0.39, 0.29) is 0 Å². The van der Waals surface area contributed by atoms with Gasteiger partial charge >= 0.3 is 0 Å². The van der Waals surface area contributed by atoms with Gasteiger partial charge in [0.05, 0.1) is 5.52 Å². The second-order valence-corrected chi connectivity index (χ2v) is 5.63. The predicted octanol–water partition coefficient (Wildman–Crippen LogP) is 4.39. The molecule has 0 radical (unpaired) electrons. The summed E-state index contributed by atoms with van der Waals surface area (Å²) >= 11 is 3.55. The summed E-state index contributed by atoms with van der Waals surface area (Å²) in [6.45, 7) is 2.02. The van der Waals surface area contributed by atoms with Gasteiger partial charge in [-0.1, -0.05) is 52.3 Å². The average Bonchev–Trinajstić information content (AvgIpc) is 2.49. The van der Waals surface area contributed by atoms with Gasteiger partial charge in [-0.05, 0) is 35.7 Å². The van der Waals surface area contributed by atoms with Gasteiger partial charge in [-0.15, -0.1) is 0 Å². The Hall–Kier alpha value is -1.71. The lowest BCUT2D eigenvalue weighted by atomic mass is 9.99. The monoisotopic (exact) mass is 327 g/mol. The van der Waals surface area contributed by atoms with Crippen molar-refractivity contribution in [2.75, 3.05) is 0 Å². The third-order valence-corrected chi connectivity index (χ3v) is 4.55. The summed E-state index contributed by atoms with van der Waals surface area (Å²) in [4.78, 5) is 4.34. The molecule has 3 heteroatoms. The molecule has 20 heavy (non-hydrogen) atoms. The molecule has 0 aliphatic heterocycles. The van der Waals surface area contributed by atoms with E-state index in [0.717, 1.165) is 32.1 Å². The standard InChI is InChI=1S/C17H14BrNO/c1-11-4-2-6-14(16(11)18)17(20)13-8-7-12-5-3-9-19-15(12)10-13/h2-10,17,20H,1H3. The van der Waals surface area contributed by atoms with Crippen LogP contribution in [0.2, 0.25) is 0 Å². The van der Waals surface area contributed by atoms with Gasteiger partial charge in [0.25, 0.3) is 0 Å². The minimum atomic E-state index is -0.657. The van der Waals surface area contributed by atoms with Crippen molar-refractivity contribution in [1.29, 1.82) is 0 Å². The number of nitrogens with zero attached hydrogens (tertiary/aromatic N) is 1. The van der Waals surface area contributed by atoms with Gasteiger partial charge in [0.15, 0.2) is 0 Å². The van der Waals surface area contributed by atoms with Crippen molar-refractivity contribution in [1.82, 2.24) is 4.98 Å². The Kier molecular flexibility index (Phi) is 3.55. The summed E-state index contributed by atoms with van der Waals surface area (Å²) in [5.74, 6) is 0. The number of pyridine rings is 1. The molecule has 100 valence electrons. The Morgan fingerprint density at radius 2 is 1.95 bits per heavy atom. The van der Waals surface area contributed by atoms with Gasteiger partial charge in [-0.25, -0.2) is 0 Å². The quantitative estimate of drug-likeness (QED) is 0.757. The normalized spacial score (nSPS) is 12.6. The first-order chi connectivity index (χ1) is 9.66. The molecule has 1 N–H and O–H groups in total. The van der Waals surface area contributed by atoms with Crippen molar-refractivity contribution < 1.29 is 5.11 Å². The van der Waals surface area contributed by atoms with E-state index in [9.17, 15) is 5.11 Å². The second-order valence-electron chi connectivity index (χ2n) is 4.84. The Labute approximate surface area is 126 Å². The van der Waals surface area contributed by atoms with Crippen molar-refractivity contribution in [2.45, 2.75) is 13.0 Å². The first-order valence-electron chi connectivity index (χ1n) is 6.44. The fourth-order valence-electron chi connectivity index (χ4n) is 2.31. The van der Waals surface area contributed by atoms with Crippen LogP contribution < -0.4 is 0 Å². The molecule has 0 saturated carbocycles. The zero-order chi connectivity index (χ0) is 14.1. The maximum Gasteiger partial charge on any atom is 0.105 e. The van der Waals surface area contributed by atoms with Crippen LogP contribution >= 0.6 is 15.9 Å². The molecular weight excluding hydrogens is 314 g/mol. The number of halogens is 1. The van der Waals surface area contributed by atoms with Crippen LogP contribution in [0.1, 0.15) is 22.8 Å². The van der Waals surface area contributed by atoms with E-state index in [0.29, 0.717) is 0 Å². The summed E-state index contributed by atoms with van der Waals surface area (Å²) in [7, 11) is 0. The van der Waals surface area contributed by atoms with Crippen molar-refractivity contribution in [3.63, 3.8) is 0 Å². The molecule has 2 nitrogen and oxygen atoms in total. The summed E-state index contributed by atoms with van der Waals surface area (Å²) in [5, 5.41) is 11.7. The number of hydrogen-bond acceptors (Lipinski definition) is 2. The number of fused-ring (bicyclic) bond motifs is 1. The third-order valence-electron chi connectivity index (χ3n) is 3.46. The molecule has 0 bridgehead atoms. The lowest BCUT2D eigenvalue weighted by Gasteiger charge is -2.15. The van der Waals surface area contributed by atoms with Gasteiger partial charge in [0.1, 0.15) is 6.10 Å². The zero-order valence-electron chi connectivity index (χ0n) is 11.0. The number of benzene rings is 2. The molecule has 0 aliphatic rings. The summed E-state index contributed by atoms with van der Waals surface area (Å²) < 4.78 is 0.952. The lowest BCUT2D eigenvalue weighted by molar-refractivity contribution is 0.219. The molecule has 0 spiro atoms. The molecule has 1 atom stereocenters. The van der Waals surface area contributed by atoms with Crippen LogP contribution in [-0.2, 0) is 0 Å². The number of hydrogen-bond donors (Lipinski definition) is 1. The van der Waals surface area contributed by atoms with Gasteiger partial charge in [0.2, 0.25) is 0 Å². The van der Waals surface area contributed by atoms with E-state index in [1.165, 1.54) is 0 Å². The zero-order valence-corrected chi connectivity index (χ0v) is 12.6. The summed E-state index contributed by atoms with van der Waals surface area (Å²) in [6, 6.07) is 15.7. The maximum atomic E-state index is 10.6. The Morgan fingerprint density at radius 1 is 1.10 bits per heavy atom. The van der Waals surface area contributed by atoms with E-state index < -0.39 is 6.10 Å². The minimum Gasteiger partial charge on any atom is -0.384 e. The Morgan fingerprint density at radius 3 is 2.80 bits per heavy atom. The highest BCUT2D eigenvalue weighted by Crippen LogP contribution is 2.31. The molecule has 1 unspecified atom stereocenters. The number of aromatic nitrogens is 1. The predicted molar refractivity (Wildman–Crippen MR) is 84.7 cm³/mol. The topological polar surface area (TPSA) is 33.1 Å². The SMILES string of the molecule is Cc1cccc(C(O)c2ccc3cccnc3c2)c1Br. The first kappa shape index (κ1) is 13.3. The molecule has 2 aromatic carbocycles. The van der Waals surface area contributed by atoms with Gasteiger partial charge < -0.3 is 5.11 Å². The van der Waals surface area contributed by atoms with E-state index >= 15 is 0 Å². The van der Waals surface area contributed by atoms with E-state index in [1.807, 2.05) is 55.5 Å². The average molecular weight is 328 g/mol. The van der Waals surface area contributed by atoms with Crippen LogP contribution in [0.25, 0.3) is 10.9 Å². The van der Waals surface area contributed by atoms with Crippen molar-refractivity contribution in [2.24, 2.45) is 0 Å². The number of rotatable bonds is 2. The molecule has 1 heterocycles. The second kappa shape index (κ2) is 5.35. The molecule has 0 fully saturated rings. The highest BCUT2D eigenvalue weighted by molar-refractivity contribution is 9.10. The molecule has 0 aliphatic carbocycles. The molecule has 0 saturated heterocycles. The number of aliphatic hydroxyl groups is 1. The van der Waals surface area contributed by atoms with Crippen LogP contribution in [-0.4, -0.2) is 10.1 Å². The fourth-order valence-corrected chi connectivity index (χ4v) is 2.80. The summed E-state index contributed by atoms with van der Waals surface area (Å²) in [6.07, 6.45) is 1.11. The van der Waals surface area contributed by atoms with Gasteiger partial charge in [-0.3, -0.25) is 4.98 Å². The minimum absolute atomic E-state index is 0.657. The first-order valence-corrected chi connectivity index (χ1v) is 7.24. The summed E-state index contributed by atoms with van der Waals surface area (Å²) in [5.41, 5.74) is 3.73. The number of aryl methyl sites for hydroxylation is 1. The third kappa shape index (κ3) is 2.35. The van der Waals surface area contributed by atoms with Crippen LogP contribution in [0.3, 0.4) is 0 Å². The molecule has 3 rings (SSSR count). The number of aliphatic hydroxyl groups excluding tert-OH is 1. The Bertz CT molecular complexity index is 770. The van der Waals surface area contributed by atoms with Crippen LogP contribution in [0.15, 0.2) is 59.2 Å². The molecule has 3 aromatic rings. The maximum absolute atomic E-state index is 10.6. The van der Waals surface area contributed by atoms with Gasteiger partial charge in [-0.2, -0.15) is 0 Å². The van der Waals surface area contributed by atoms with Crippen molar-refractivity contribution >= 4 is 26.8 Å². The van der Waals surface area contributed by atoms with Crippen molar-refractivity contribution in [3.8, 4) is 0 Å². The van der Waals surface area contributed by atoms with Crippen LogP contribution in [0.5, 0.6) is 0 Å². The fraction of sp³-hybridized carbons (Fsp3) is 0.118. The highest BCUT2D eigenvalue weighted by Gasteiger charge is 2.15. The molecule has 1 aromatic heterocycles. The van der Waals surface area contributed by atoms with Crippen LogP contribution in [0.4, 0.5) is 0 Å². The smallest absolute Gasteiger partial charge is 0.105 e. The van der Waals surface area contributed by atoms with E-state index in [1.54, 1.807) is 6.20 Å². The van der Waals surface area contributed by atoms with Gasteiger partial charge in [0, 0.05) is 16.1 Å². The van der Waals surface area contributed by atoms with Crippen molar-refractivity contribution in [3.05, 3.63) is 75.9 Å². The van der Waals surface area contributed by atoms with Crippen LogP contribution in [0, 0.1) is 6.92 Å². The largest absolute Gasteiger partial charge is 0.384 e. The van der Waals surface area contributed by atoms with E-state index in [2.05, 4.69) is 20.9 Å². The lowest BCUT2D eigenvalue weighted by Crippen LogP contribution is -2.01. The Balaban J connectivity index is 2.08. The van der Waals surface area contributed by atoms with E-state index in [4.69, 9.17) is 0 Å². The molecular formula is C17H14BrNO. The highest BCUT2D eigenvalue weighted by atomic mass is 79.9.